The summed E-state index contributed by atoms with van der Waals surface area (Å²) in [6.07, 6.45) is 0.312. The molecule has 0 aliphatic rings. The van der Waals surface area contributed by atoms with E-state index in [0.717, 1.165) is 0 Å². The summed E-state index contributed by atoms with van der Waals surface area (Å²) in [7, 11) is 0. The lowest BCUT2D eigenvalue weighted by Crippen LogP contribution is -2.24. The maximum absolute atomic E-state index is 12.9. The molecule has 1 aromatic carbocycles. The van der Waals surface area contributed by atoms with Crippen molar-refractivity contribution in [2.75, 3.05) is 5.32 Å². The van der Waals surface area contributed by atoms with Gasteiger partial charge in [0.15, 0.2) is 0 Å². The van der Waals surface area contributed by atoms with Crippen LogP contribution in [0.2, 0.25) is 0 Å². The van der Waals surface area contributed by atoms with Gasteiger partial charge < -0.3 is 10.4 Å². The highest BCUT2D eigenvalue weighted by atomic mass is 19.1. The first-order valence-corrected chi connectivity index (χ1v) is 6.69. The van der Waals surface area contributed by atoms with E-state index >= 15 is 0 Å². The molecule has 0 saturated carbocycles. The highest BCUT2D eigenvalue weighted by Gasteiger charge is 2.18. The Morgan fingerprint density at radius 3 is 2.55 bits per heavy atom. The van der Waals surface area contributed by atoms with E-state index in [1.165, 1.54) is 30.5 Å². The third-order valence-electron chi connectivity index (χ3n) is 3.34. The molecule has 7 heteroatoms. The van der Waals surface area contributed by atoms with Crippen LogP contribution in [0.4, 0.5) is 15.9 Å². The van der Waals surface area contributed by atoms with Crippen LogP contribution >= 0.6 is 0 Å². The lowest BCUT2D eigenvalue weighted by molar-refractivity contribution is -0.385. The largest absolute Gasteiger partial charge is 0.386 e. The number of aliphatic hydroxyl groups excluding tert-OH is 1. The molecule has 0 amide bonds. The predicted octanol–water partition coefficient (Wildman–Crippen LogP) is 2.97. The Morgan fingerprint density at radius 2 is 2.00 bits per heavy atom. The molecule has 2 aromatic rings. The van der Waals surface area contributed by atoms with Crippen LogP contribution in [-0.4, -0.2) is 21.1 Å². The average Bonchev–Trinajstić information content (AvgIpc) is 2.47. The minimum atomic E-state index is -0.863. The van der Waals surface area contributed by atoms with Crippen molar-refractivity contribution >= 4 is 11.5 Å². The molecule has 22 heavy (non-hydrogen) atoms. The number of hydrogen-bond donors (Lipinski definition) is 2. The molecule has 0 aliphatic carbocycles. The van der Waals surface area contributed by atoms with Crippen molar-refractivity contribution in [2.45, 2.75) is 26.0 Å². The van der Waals surface area contributed by atoms with Gasteiger partial charge in [0.1, 0.15) is 17.8 Å². The Bertz CT molecular complexity index is 676. The van der Waals surface area contributed by atoms with Gasteiger partial charge in [0.2, 0.25) is 0 Å². The number of nitrogens with one attached hydrogen (secondary N) is 1. The molecule has 0 spiro atoms. The van der Waals surface area contributed by atoms with Crippen LogP contribution in [0.25, 0.3) is 0 Å². The quantitative estimate of drug-likeness (QED) is 0.655. The zero-order chi connectivity index (χ0) is 16.3. The van der Waals surface area contributed by atoms with E-state index in [0.29, 0.717) is 16.9 Å². The number of aliphatic hydroxyl groups is 1. The summed E-state index contributed by atoms with van der Waals surface area (Å²) in [5, 5.41) is 24.0. The van der Waals surface area contributed by atoms with Crippen molar-refractivity contribution in [3.05, 3.63) is 63.6 Å². The molecule has 2 N–H and O–H groups in total. The van der Waals surface area contributed by atoms with E-state index in [4.69, 9.17) is 0 Å². The number of hydrogen-bond acceptors (Lipinski definition) is 5. The number of aromatic nitrogens is 1. The first kappa shape index (κ1) is 15.8. The Balaban J connectivity index is 2.11. The lowest BCUT2D eigenvalue weighted by Gasteiger charge is -2.21. The summed E-state index contributed by atoms with van der Waals surface area (Å²) in [5.74, 6) is 0.0565. The van der Waals surface area contributed by atoms with Crippen LogP contribution in [-0.2, 0) is 0 Å². The van der Waals surface area contributed by atoms with Gasteiger partial charge in [-0.2, -0.15) is 0 Å². The first-order chi connectivity index (χ1) is 10.4. The topological polar surface area (TPSA) is 88.3 Å². The van der Waals surface area contributed by atoms with Crippen LogP contribution in [0.15, 0.2) is 36.5 Å². The maximum Gasteiger partial charge on any atom is 0.290 e. The summed E-state index contributed by atoms with van der Waals surface area (Å²) < 4.78 is 12.9. The summed E-state index contributed by atoms with van der Waals surface area (Å²) in [6, 6.07) is 6.71. The molecule has 0 fully saturated rings. The van der Waals surface area contributed by atoms with Crippen molar-refractivity contribution in [3.63, 3.8) is 0 Å². The number of nitro groups is 1. The molecule has 2 rings (SSSR count). The van der Waals surface area contributed by atoms with E-state index in [1.807, 2.05) is 0 Å². The molecule has 0 radical (unpaired) electrons. The van der Waals surface area contributed by atoms with Gasteiger partial charge in [-0.25, -0.2) is 9.37 Å². The number of aryl methyl sites for hydroxylation is 1. The van der Waals surface area contributed by atoms with Crippen molar-refractivity contribution in [1.82, 2.24) is 4.98 Å². The lowest BCUT2D eigenvalue weighted by atomic mass is 10.0. The standard InChI is InChI=1S/C15H16FN3O3/c1-9-7-14(17-8-13(9)19(21)22)18-10(2)15(20)11-3-5-12(16)6-4-11/h3-8,10,15,20H,1-2H3,(H,17,18). The molecule has 1 aromatic heterocycles. The Morgan fingerprint density at radius 1 is 1.36 bits per heavy atom. The molecular formula is C15H16FN3O3. The molecule has 0 bridgehead atoms. The van der Waals surface area contributed by atoms with Gasteiger partial charge in [0.05, 0.1) is 17.1 Å². The van der Waals surface area contributed by atoms with Crippen LogP contribution in [0.3, 0.4) is 0 Å². The van der Waals surface area contributed by atoms with Gasteiger partial charge in [-0.05, 0) is 37.6 Å². The third kappa shape index (κ3) is 3.56. The molecule has 2 atom stereocenters. The fraction of sp³-hybridized carbons (Fsp3) is 0.267. The predicted molar refractivity (Wildman–Crippen MR) is 80.1 cm³/mol. The zero-order valence-electron chi connectivity index (χ0n) is 12.2. The number of anilines is 1. The third-order valence-corrected chi connectivity index (χ3v) is 3.34. The summed E-state index contributed by atoms with van der Waals surface area (Å²) in [4.78, 5) is 14.2. The smallest absolute Gasteiger partial charge is 0.290 e. The zero-order valence-corrected chi connectivity index (χ0v) is 12.2. The van der Waals surface area contributed by atoms with Gasteiger partial charge in [-0.3, -0.25) is 10.1 Å². The monoisotopic (exact) mass is 305 g/mol. The Kier molecular flexibility index (Phi) is 4.67. The first-order valence-electron chi connectivity index (χ1n) is 6.69. The molecule has 0 saturated heterocycles. The molecular weight excluding hydrogens is 289 g/mol. The minimum absolute atomic E-state index is 0.0581. The van der Waals surface area contributed by atoms with Gasteiger partial charge in [-0.1, -0.05) is 12.1 Å². The van der Waals surface area contributed by atoms with Crippen molar-refractivity contribution in [3.8, 4) is 0 Å². The van der Waals surface area contributed by atoms with E-state index in [2.05, 4.69) is 10.3 Å². The second-order valence-corrected chi connectivity index (χ2v) is 5.04. The normalized spacial score (nSPS) is 13.5. The van der Waals surface area contributed by atoms with E-state index < -0.39 is 17.1 Å². The van der Waals surface area contributed by atoms with Gasteiger partial charge in [0, 0.05) is 5.56 Å². The van der Waals surface area contributed by atoms with E-state index in [1.54, 1.807) is 19.9 Å². The molecule has 2 unspecified atom stereocenters. The van der Waals surface area contributed by atoms with E-state index in [-0.39, 0.29) is 11.5 Å². The van der Waals surface area contributed by atoms with Crippen LogP contribution in [0.1, 0.15) is 24.2 Å². The second kappa shape index (κ2) is 6.48. The number of halogens is 1. The summed E-state index contributed by atoms with van der Waals surface area (Å²) in [6.45, 7) is 3.36. The fourth-order valence-electron chi connectivity index (χ4n) is 2.08. The van der Waals surface area contributed by atoms with Crippen molar-refractivity contribution < 1.29 is 14.4 Å². The van der Waals surface area contributed by atoms with Crippen LogP contribution < -0.4 is 5.32 Å². The Hall–Kier alpha value is -2.54. The number of benzene rings is 1. The highest BCUT2D eigenvalue weighted by Crippen LogP contribution is 2.23. The van der Waals surface area contributed by atoms with Gasteiger partial charge in [-0.15, -0.1) is 0 Å². The number of pyridine rings is 1. The molecule has 1 heterocycles. The van der Waals surface area contributed by atoms with Crippen LogP contribution in [0, 0.1) is 22.9 Å². The van der Waals surface area contributed by atoms with Gasteiger partial charge >= 0.3 is 0 Å². The highest BCUT2D eigenvalue weighted by molar-refractivity contribution is 5.47. The number of rotatable bonds is 5. The number of nitrogens with zero attached hydrogens (tertiary/aromatic N) is 2. The van der Waals surface area contributed by atoms with Crippen LogP contribution in [0.5, 0.6) is 0 Å². The Labute approximate surface area is 126 Å². The molecule has 0 aliphatic heterocycles. The molecule has 116 valence electrons. The summed E-state index contributed by atoms with van der Waals surface area (Å²) >= 11 is 0. The average molecular weight is 305 g/mol. The summed E-state index contributed by atoms with van der Waals surface area (Å²) in [5.41, 5.74) is 0.989. The minimum Gasteiger partial charge on any atom is -0.386 e. The second-order valence-electron chi connectivity index (χ2n) is 5.04. The maximum atomic E-state index is 12.9. The SMILES string of the molecule is Cc1cc(NC(C)C(O)c2ccc(F)cc2)ncc1[N+](=O)[O-]. The van der Waals surface area contributed by atoms with Gasteiger partial charge in [0.25, 0.3) is 5.69 Å². The molecule has 6 nitrogen and oxygen atoms in total. The van der Waals surface area contributed by atoms with E-state index in [9.17, 15) is 19.6 Å². The van der Waals surface area contributed by atoms with Crippen molar-refractivity contribution in [1.29, 1.82) is 0 Å². The fourth-order valence-corrected chi connectivity index (χ4v) is 2.08. The van der Waals surface area contributed by atoms with Crippen molar-refractivity contribution in [2.24, 2.45) is 0 Å².